The molecule has 1 aliphatic rings. The quantitative estimate of drug-likeness (QED) is 0.731. The summed E-state index contributed by atoms with van der Waals surface area (Å²) in [5, 5.41) is 0. The molecule has 0 saturated carbocycles. The first-order chi connectivity index (χ1) is 8.09. The lowest BCUT2D eigenvalue weighted by molar-refractivity contribution is 0.141. The van der Waals surface area contributed by atoms with E-state index in [0.717, 1.165) is 6.04 Å². The van der Waals surface area contributed by atoms with E-state index in [0.29, 0.717) is 0 Å². The van der Waals surface area contributed by atoms with Crippen LogP contribution in [-0.4, -0.2) is 75.1 Å². The SMILES string of the molecule is CC.CN(C)CCCN1CCC(N(C)C)CC1. The van der Waals surface area contributed by atoms with Crippen LogP contribution in [0, 0.1) is 0 Å². The molecule has 0 unspecified atom stereocenters. The molecule has 1 rings (SSSR count). The molecule has 0 spiro atoms. The fourth-order valence-electron chi connectivity index (χ4n) is 2.27. The molecule has 0 aromatic rings. The van der Waals surface area contributed by atoms with Crippen molar-refractivity contribution in [2.45, 2.75) is 39.2 Å². The van der Waals surface area contributed by atoms with Crippen LogP contribution in [0.25, 0.3) is 0 Å². The van der Waals surface area contributed by atoms with Crippen LogP contribution in [-0.2, 0) is 0 Å². The van der Waals surface area contributed by atoms with E-state index >= 15 is 0 Å². The lowest BCUT2D eigenvalue weighted by Gasteiger charge is -2.35. The minimum Gasteiger partial charge on any atom is -0.309 e. The van der Waals surface area contributed by atoms with Crippen LogP contribution in [0.2, 0.25) is 0 Å². The predicted octanol–water partition coefficient (Wildman–Crippen LogP) is 1.99. The van der Waals surface area contributed by atoms with Gasteiger partial charge in [0.2, 0.25) is 0 Å². The van der Waals surface area contributed by atoms with E-state index in [-0.39, 0.29) is 0 Å². The standard InChI is InChI=1S/C12H27N3.C2H6/c1-13(2)8-5-9-15-10-6-12(7-11-15)14(3)4;1-2/h12H,5-11H2,1-4H3;1-2H3. The summed E-state index contributed by atoms with van der Waals surface area (Å²) in [7, 11) is 8.70. The predicted molar refractivity (Wildman–Crippen MR) is 77.7 cm³/mol. The van der Waals surface area contributed by atoms with Gasteiger partial charge in [-0.1, -0.05) is 13.8 Å². The largest absolute Gasteiger partial charge is 0.309 e. The first-order valence-electron chi connectivity index (χ1n) is 7.13. The second-order valence-electron chi connectivity index (χ2n) is 5.19. The smallest absolute Gasteiger partial charge is 0.0113 e. The maximum atomic E-state index is 2.61. The Kier molecular flexibility index (Phi) is 9.79. The minimum atomic E-state index is 0.815. The summed E-state index contributed by atoms with van der Waals surface area (Å²) in [4.78, 5) is 7.26. The fraction of sp³-hybridized carbons (Fsp3) is 1.00. The third kappa shape index (κ3) is 7.74. The van der Waals surface area contributed by atoms with Crippen molar-refractivity contribution in [3.8, 4) is 0 Å². The maximum Gasteiger partial charge on any atom is 0.0113 e. The summed E-state index contributed by atoms with van der Waals surface area (Å²) < 4.78 is 0. The van der Waals surface area contributed by atoms with Crippen LogP contribution in [0.5, 0.6) is 0 Å². The molecule has 3 nitrogen and oxygen atoms in total. The van der Waals surface area contributed by atoms with Crippen molar-refractivity contribution in [3.05, 3.63) is 0 Å². The van der Waals surface area contributed by atoms with Crippen molar-refractivity contribution in [2.24, 2.45) is 0 Å². The van der Waals surface area contributed by atoms with Gasteiger partial charge in [-0.2, -0.15) is 0 Å². The first kappa shape index (κ1) is 16.9. The summed E-state index contributed by atoms with van der Waals surface area (Å²) in [6.45, 7) is 9.07. The van der Waals surface area contributed by atoms with Crippen LogP contribution in [0.15, 0.2) is 0 Å². The third-order valence-corrected chi connectivity index (χ3v) is 3.37. The molecule has 0 radical (unpaired) electrons. The van der Waals surface area contributed by atoms with Gasteiger partial charge in [0.15, 0.2) is 0 Å². The van der Waals surface area contributed by atoms with Gasteiger partial charge in [0.05, 0.1) is 0 Å². The van der Waals surface area contributed by atoms with Gasteiger partial charge in [0, 0.05) is 6.04 Å². The van der Waals surface area contributed by atoms with Crippen LogP contribution in [0.1, 0.15) is 33.1 Å². The van der Waals surface area contributed by atoms with E-state index in [2.05, 4.69) is 42.9 Å². The van der Waals surface area contributed by atoms with Crippen molar-refractivity contribution in [2.75, 3.05) is 54.4 Å². The summed E-state index contributed by atoms with van der Waals surface area (Å²) in [6, 6.07) is 0.815. The van der Waals surface area contributed by atoms with E-state index in [1.54, 1.807) is 0 Å². The van der Waals surface area contributed by atoms with Crippen LogP contribution >= 0.6 is 0 Å². The van der Waals surface area contributed by atoms with Crippen molar-refractivity contribution < 1.29 is 0 Å². The van der Waals surface area contributed by atoms with Gasteiger partial charge in [0.25, 0.3) is 0 Å². The van der Waals surface area contributed by atoms with E-state index in [9.17, 15) is 0 Å². The first-order valence-corrected chi connectivity index (χ1v) is 7.13. The van der Waals surface area contributed by atoms with E-state index in [1.807, 2.05) is 13.8 Å². The molecule has 1 saturated heterocycles. The summed E-state index contributed by atoms with van der Waals surface area (Å²) >= 11 is 0. The number of likely N-dealkylation sites (tertiary alicyclic amines) is 1. The zero-order valence-electron chi connectivity index (χ0n) is 12.9. The Morgan fingerprint density at radius 3 is 1.94 bits per heavy atom. The van der Waals surface area contributed by atoms with Crippen LogP contribution < -0.4 is 0 Å². The molecule has 17 heavy (non-hydrogen) atoms. The summed E-state index contributed by atoms with van der Waals surface area (Å²) in [5.74, 6) is 0. The third-order valence-electron chi connectivity index (χ3n) is 3.37. The lowest BCUT2D eigenvalue weighted by atomic mass is 10.0. The highest BCUT2D eigenvalue weighted by Gasteiger charge is 2.19. The Labute approximate surface area is 109 Å². The van der Waals surface area contributed by atoms with Crippen LogP contribution in [0.3, 0.4) is 0 Å². The number of rotatable bonds is 5. The molecule has 1 aliphatic heterocycles. The van der Waals surface area contributed by atoms with E-state index < -0.39 is 0 Å². The molecule has 0 N–H and O–H groups in total. The van der Waals surface area contributed by atoms with Crippen molar-refractivity contribution >= 4 is 0 Å². The molecule has 0 aromatic carbocycles. The molecule has 1 heterocycles. The molecule has 1 fully saturated rings. The Morgan fingerprint density at radius 1 is 1.00 bits per heavy atom. The van der Waals surface area contributed by atoms with E-state index in [4.69, 9.17) is 0 Å². The van der Waals surface area contributed by atoms with Crippen molar-refractivity contribution in [3.63, 3.8) is 0 Å². The number of piperidine rings is 1. The average Bonchev–Trinajstić information content (AvgIpc) is 2.32. The number of nitrogens with zero attached hydrogens (tertiary/aromatic N) is 3. The number of hydrogen-bond donors (Lipinski definition) is 0. The second kappa shape index (κ2) is 9.86. The van der Waals surface area contributed by atoms with Gasteiger partial charge in [-0.25, -0.2) is 0 Å². The lowest BCUT2D eigenvalue weighted by Crippen LogP contribution is -2.42. The molecule has 0 atom stereocenters. The zero-order chi connectivity index (χ0) is 13.3. The van der Waals surface area contributed by atoms with Crippen LogP contribution in [0.4, 0.5) is 0 Å². The summed E-state index contributed by atoms with van der Waals surface area (Å²) in [5.41, 5.74) is 0. The minimum absolute atomic E-state index is 0.815. The highest BCUT2D eigenvalue weighted by Crippen LogP contribution is 2.14. The molecule has 0 amide bonds. The van der Waals surface area contributed by atoms with Gasteiger partial charge >= 0.3 is 0 Å². The van der Waals surface area contributed by atoms with E-state index in [1.165, 1.54) is 45.4 Å². The Balaban J connectivity index is 0.00000121. The molecular weight excluding hydrogens is 210 g/mol. The molecule has 0 aliphatic carbocycles. The molecule has 0 bridgehead atoms. The normalized spacial score (nSPS) is 18.4. The van der Waals surface area contributed by atoms with Gasteiger partial charge in [-0.15, -0.1) is 0 Å². The highest BCUT2D eigenvalue weighted by molar-refractivity contribution is 4.76. The monoisotopic (exact) mass is 243 g/mol. The Morgan fingerprint density at radius 2 is 1.53 bits per heavy atom. The second-order valence-corrected chi connectivity index (χ2v) is 5.19. The Hall–Kier alpha value is -0.120. The molecule has 3 heteroatoms. The summed E-state index contributed by atoms with van der Waals surface area (Å²) in [6.07, 6.45) is 3.99. The maximum absolute atomic E-state index is 2.61. The highest BCUT2D eigenvalue weighted by atomic mass is 15.2. The van der Waals surface area contributed by atoms with Crippen molar-refractivity contribution in [1.82, 2.24) is 14.7 Å². The number of hydrogen-bond acceptors (Lipinski definition) is 3. The molecular formula is C14H33N3. The van der Waals surface area contributed by atoms with Gasteiger partial charge < -0.3 is 14.7 Å². The van der Waals surface area contributed by atoms with Gasteiger partial charge in [0.1, 0.15) is 0 Å². The van der Waals surface area contributed by atoms with Gasteiger partial charge in [-0.3, -0.25) is 0 Å². The van der Waals surface area contributed by atoms with Crippen molar-refractivity contribution in [1.29, 1.82) is 0 Å². The zero-order valence-corrected chi connectivity index (χ0v) is 12.9. The Bertz CT molecular complexity index is 158. The van der Waals surface area contributed by atoms with Gasteiger partial charge in [-0.05, 0) is 73.6 Å². The average molecular weight is 243 g/mol. The topological polar surface area (TPSA) is 9.72 Å². The fourth-order valence-corrected chi connectivity index (χ4v) is 2.27. The molecule has 104 valence electrons. The molecule has 0 aromatic heterocycles.